The van der Waals surface area contributed by atoms with Crippen LogP contribution < -0.4 is 34.0 Å². The summed E-state index contributed by atoms with van der Waals surface area (Å²) in [6.45, 7) is -2.50. The molecule has 29 heteroatoms. The van der Waals surface area contributed by atoms with E-state index in [1.54, 1.807) is 159 Å². The lowest BCUT2D eigenvalue weighted by Gasteiger charge is -2.35. The van der Waals surface area contributed by atoms with Crippen LogP contribution >= 0.6 is 0 Å². The molecule has 12 amide bonds. The first-order valence-corrected chi connectivity index (χ1v) is 43.3. The number of nitrogens with two attached hydrogens (primary N) is 5. The van der Waals surface area contributed by atoms with Crippen LogP contribution in [0.3, 0.4) is 0 Å². The molecule has 11 N–H and O–H groups in total. The van der Waals surface area contributed by atoms with E-state index < -0.39 is 136 Å². The molecule has 0 aliphatic rings. The maximum absolute atomic E-state index is 15.7. The summed E-state index contributed by atoms with van der Waals surface area (Å²) in [5.41, 5.74) is 35.0. The van der Waals surface area contributed by atoms with E-state index in [1.165, 1.54) is 53.9 Å². The Labute approximate surface area is 740 Å². The molecule has 0 saturated carbocycles. The number of hydrogen-bond acceptors (Lipinski definition) is 17. The summed E-state index contributed by atoms with van der Waals surface area (Å²) in [6.07, 6.45) is 3.98. The smallest absolute Gasteiger partial charge is 0.243 e. The van der Waals surface area contributed by atoms with E-state index in [0.29, 0.717) is 85.0 Å². The zero-order chi connectivity index (χ0) is 90.2. The van der Waals surface area contributed by atoms with Crippen molar-refractivity contribution in [3.8, 4) is 0 Å². The van der Waals surface area contributed by atoms with Gasteiger partial charge in [0, 0.05) is 65.4 Å². The van der Waals surface area contributed by atoms with Gasteiger partial charge in [0.25, 0.3) is 0 Å². The Bertz CT molecular complexity index is 4670. The SMILES string of the molecule is C[C@@H](c1ccccc1)N(CC(=O)N(CC(=O)N(CCCCN)CC(=O)N(CC(=O)N(CC(=O)N(CCCCN)CC(=O)N(CC(=O)N(CC(N)=O)Cc1ccccc1)Cc1ccccc1)Cc1ccccc1)Cc1ccccc1)Cc1ccccc1)C(=O)CN(CCCCN)C(=O)CN(Cc1ccccc1)C(=O)CN(Cc1ccccc1)C(=O)CNCCCCN. The fourth-order valence-corrected chi connectivity index (χ4v) is 14.3. The Morgan fingerprint density at radius 2 is 0.452 bits per heavy atom. The molecule has 1 atom stereocenters. The van der Waals surface area contributed by atoms with Crippen molar-refractivity contribution in [1.29, 1.82) is 0 Å². The van der Waals surface area contributed by atoms with Crippen LogP contribution in [0.15, 0.2) is 243 Å². The normalized spacial score (nSPS) is 11.2. The third-order valence-corrected chi connectivity index (χ3v) is 21.4. The van der Waals surface area contributed by atoms with Crippen LogP contribution in [-0.4, -0.2) is 256 Å². The second kappa shape index (κ2) is 54.7. The van der Waals surface area contributed by atoms with Gasteiger partial charge in [0.15, 0.2) is 0 Å². The Hall–Kier alpha value is -12.8. The molecule has 0 aliphatic carbocycles. The highest BCUT2D eigenvalue weighted by Crippen LogP contribution is 2.24. The quantitative estimate of drug-likeness (QED) is 0.0228. The molecule has 0 spiro atoms. The number of unbranched alkanes of at least 4 members (excludes halogenated alkanes) is 4. The molecule has 0 radical (unpaired) electrons. The zero-order valence-electron chi connectivity index (χ0n) is 72.6. The first-order chi connectivity index (χ1) is 61.1. The molecule has 8 aromatic rings. The van der Waals surface area contributed by atoms with Crippen LogP contribution in [0.25, 0.3) is 0 Å². The van der Waals surface area contributed by atoms with Gasteiger partial charge in [-0.3, -0.25) is 57.5 Å². The first kappa shape index (κ1) is 98.6. The van der Waals surface area contributed by atoms with Gasteiger partial charge in [-0.25, -0.2) is 0 Å². The standard InChI is InChI=1S/C97H125N17O12/c1-77(85-48-24-9-25-49-85)114(97(126)75-106(57-33-29-53-101)90(119)70-109(61-80-38-14-4-15-39-80)94(123)72-108(60-79-36-12-3-13-37-79)87(116)58-103-54-30-26-50-98)76-96(125)113(65-84-46-22-8-23-47-84)71-89(118)105(56-32-28-52-100)68-92(121)112(64-83-44-20-7-21-45-83)74-95(124)110(62-81-40-16-5-17-41-81)69-88(117)104(55-31-27-51-99)67-91(120)111(63-82-42-18-6-19-43-82)73-93(122)107(66-86(102)115)59-78-34-10-2-11-35-78/h2-25,34-49,77,103H,26-33,50-76,98-101H2,1H3,(H2,102,115)/t77-/m0/s1. The van der Waals surface area contributed by atoms with Gasteiger partial charge in [-0.05, 0) is 136 Å². The molecule has 0 fully saturated rings. The zero-order valence-corrected chi connectivity index (χ0v) is 72.6. The third-order valence-electron chi connectivity index (χ3n) is 21.4. The van der Waals surface area contributed by atoms with Gasteiger partial charge >= 0.3 is 0 Å². The maximum atomic E-state index is 15.7. The molecule has 0 aliphatic heterocycles. The summed E-state index contributed by atoms with van der Waals surface area (Å²) in [5, 5.41) is 3.18. The molecule has 0 bridgehead atoms. The van der Waals surface area contributed by atoms with Gasteiger partial charge in [0.1, 0.15) is 45.8 Å². The van der Waals surface area contributed by atoms with Crippen molar-refractivity contribution in [3.63, 3.8) is 0 Å². The Morgan fingerprint density at radius 3 is 0.706 bits per heavy atom. The maximum Gasteiger partial charge on any atom is 0.243 e. The number of hydrogen-bond donors (Lipinski definition) is 6. The molecule has 0 unspecified atom stereocenters. The predicted molar refractivity (Wildman–Crippen MR) is 485 cm³/mol. The minimum Gasteiger partial charge on any atom is -0.368 e. The summed E-state index contributed by atoms with van der Waals surface area (Å²) in [4.78, 5) is 194. The third kappa shape index (κ3) is 34.7. The van der Waals surface area contributed by atoms with Gasteiger partial charge in [-0.1, -0.05) is 243 Å². The highest BCUT2D eigenvalue weighted by atomic mass is 16.2. The second-order valence-electron chi connectivity index (χ2n) is 31.3. The van der Waals surface area contributed by atoms with E-state index in [1.807, 2.05) is 91.0 Å². The number of nitrogens with zero attached hydrogens (tertiary/aromatic N) is 11. The van der Waals surface area contributed by atoms with Crippen molar-refractivity contribution in [2.75, 3.05) is 131 Å². The summed E-state index contributed by atoms with van der Waals surface area (Å²) >= 11 is 0. The number of benzene rings is 8. The minimum absolute atomic E-state index is 0.0125. The van der Waals surface area contributed by atoms with Gasteiger partial charge in [-0.2, -0.15) is 0 Å². The summed E-state index contributed by atoms with van der Waals surface area (Å²) in [6, 6.07) is 71.4. The monoisotopic (exact) mass is 1720 g/mol. The lowest BCUT2D eigenvalue weighted by atomic mass is 10.1. The van der Waals surface area contributed by atoms with E-state index in [2.05, 4.69) is 5.32 Å². The van der Waals surface area contributed by atoms with E-state index in [4.69, 9.17) is 28.7 Å². The summed E-state index contributed by atoms with van der Waals surface area (Å²) in [7, 11) is 0. The summed E-state index contributed by atoms with van der Waals surface area (Å²) < 4.78 is 0. The average Bonchev–Trinajstić information content (AvgIpc) is 0.827. The number of nitrogens with one attached hydrogen (secondary N) is 1. The number of rotatable bonds is 56. The van der Waals surface area contributed by atoms with Crippen molar-refractivity contribution >= 4 is 70.9 Å². The van der Waals surface area contributed by atoms with Crippen molar-refractivity contribution in [1.82, 2.24) is 59.2 Å². The van der Waals surface area contributed by atoms with Crippen molar-refractivity contribution in [2.24, 2.45) is 28.7 Å². The number of primary amides is 1. The average molecular weight is 1720 g/mol. The first-order valence-electron chi connectivity index (χ1n) is 43.3. The van der Waals surface area contributed by atoms with Crippen LogP contribution in [0.1, 0.15) is 109 Å². The fraction of sp³-hybridized carbons (Fsp3) is 0.381. The molecule has 0 saturated heterocycles. The van der Waals surface area contributed by atoms with E-state index >= 15 is 33.6 Å². The fourth-order valence-electron chi connectivity index (χ4n) is 14.3. The van der Waals surface area contributed by atoms with Crippen LogP contribution in [-0.2, 0) is 103 Å². The molecule has 0 aromatic heterocycles. The highest BCUT2D eigenvalue weighted by molar-refractivity contribution is 5.95. The van der Waals surface area contributed by atoms with Crippen LogP contribution in [0, 0.1) is 0 Å². The Kier molecular flexibility index (Phi) is 42.9. The van der Waals surface area contributed by atoms with E-state index in [9.17, 15) is 24.0 Å². The molecule has 8 aromatic carbocycles. The minimum atomic E-state index is -0.808. The lowest BCUT2D eigenvalue weighted by Crippen LogP contribution is -2.53. The van der Waals surface area contributed by atoms with Gasteiger partial charge < -0.3 is 87.9 Å². The van der Waals surface area contributed by atoms with Crippen LogP contribution in [0.4, 0.5) is 0 Å². The number of amides is 12. The molecule has 8 rings (SSSR count). The summed E-state index contributed by atoms with van der Waals surface area (Å²) in [5.74, 6) is -7.25. The van der Waals surface area contributed by atoms with Gasteiger partial charge in [0.2, 0.25) is 70.9 Å². The Balaban J connectivity index is 1.07. The topological polar surface area (TPSA) is 383 Å². The van der Waals surface area contributed by atoms with Gasteiger partial charge in [-0.15, -0.1) is 0 Å². The highest BCUT2D eigenvalue weighted by Gasteiger charge is 2.35. The molecular formula is C97H125N17O12. The van der Waals surface area contributed by atoms with Gasteiger partial charge in [0.05, 0.1) is 38.8 Å². The second-order valence-corrected chi connectivity index (χ2v) is 31.3. The molecule has 0 heterocycles. The molecule has 29 nitrogen and oxygen atoms in total. The van der Waals surface area contributed by atoms with Crippen molar-refractivity contribution in [3.05, 3.63) is 287 Å². The number of carbonyl (C=O) groups excluding carboxylic acids is 12. The van der Waals surface area contributed by atoms with Crippen LogP contribution in [0.5, 0.6) is 0 Å². The largest absolute Gasteiger partial charge is 0.368 e. The molecule has 670 valence electrons. The van der Waals surface area contributed by atoms with E-state index in [-0.39, 0.29) is 104 Å². The molecule has 126 heavy (non-hydrogen) atoms. The van der Waals surface area contributed by atoms with E-state index in [0.717, 1.165) is 24.0 Å². The van der Waals surface area contributed by atoms with Crippen LogP contribution in [0.2, 0.25) is 0 Å². The number of carbonyl (C=O) groups is 12. The molecular weight excluding hydrogens is 1600 g/mol. The van der Waals surface area contributed by atoms with Crippen molar-refractivity contribution < 1.29 is 57.5 Å². The van der Waals surface area contributed by atoms with Crippen molar-refractivity contribution in [2.45, 2.75) is 110 Å². The Morgan fingerprint density at radius 1 is 0.246 bits per heavy atom. The lowest BCUT2D eigenvalue weighted by molar-refractivity contribution is -0.150. The predicted octanol–water partition coefficient (Wildman–Crippen LogP) is 6.29.